The predicted molar refractivity (Wildman–Crippen MR) is 77.5 cm³/mol. The number of rotatable bonds is 4. The van der Waals surface area contributed by atoms with Crippen LogP contribution in [0.15, 0.2) is 36.4 Å². The van der Waals surface area contributed by atoms with E-state index in [4.69, 9.17) is 21.6 Å². The van der Waals surface area contributed by atoms with Crippen molar-refractivity contribution in [3.63, 3.8) is 0 Å². The molecule has 0 amide bonds. The smallest absolute Gasteiger partial charge is 0.147 e. The summed E-state index contributed by atoms with van der Waals surface area (Å²) in [5.74, 6) is -0.163. The van der Waals surface area contributed by atoms with E-state index in [0.717, 1.165) is 0 Å². The second-order valence-electron chi connectivity index (χ2n) is 4.54. The lowest BCUT2D eigenvalue weighted by Crippen LogP contribution is -2.03. The van der Waals surface area contributed by atoms with Gasteiger partial charge in [0.05, 0.1) is 11.7 Å². The molecule has 0 spiro atoms. The van der Waals surface area contributed by atoms with Crippen LogP contribution in [0.2, 0.25) is 5.02 Å². The number of halogens is 2. The molecule has 2 aromatic carbocycles. The van der Waals surface area contributed by atoms with Gasteiger partial charge in [-0.25, -0.2) is 4.39 Å². The Morgan fingerprint density at radius 3 is 2.81 bits per heavy atom. The van der Waals surface area contributed by atoms with Gasteiger partial charge in [-0.1, -0.05) is 23.7 Å². The van der Waals surface area contributed by atoms with Crippen molar-refractivity contribution >= 4 is 11.6 Å². The number of aliphatic hydroxyl groups excluding tert-OH is 1. The topological polar surface area (TPSA) is 53.2 Å². The van der Waals surface area contributed by atoms with Crippen LogP contribution in [0.4, 0.5) is 4.39 Å². The van der Waals surface area contributed by atoms with Crippen LogP contribution in [0.1, 0.15) is 29.7 Å². The van der Waals surface area contributed by atoms with Gasteiger partial charge in [0.1, 0.15) is 24.2 Å². The summed E-state index contributed by atoms with van der Waals surface area (Å²) >= 11 is 5.88. The number of benzene rings is 2. The van der Waals surface area contributed by atoms with Crippen molar-refractivity contribution in [2.45, 2.75) is 19.6 Å². The molecule has 108 valence electrons. The summed E-state index contributed by atoms with van der Waals surface area (Å²) in [6.07, 6.45) is -0.756. The van der Waals surface area contributed by atoms with Gasteiger partial charge in [0.15, 0.2) is 0 Å². The molecular weight excluding hydrogens is 293 g/mol. The van der Waals surface area contributed by atoms with Gasteiger partial charge in [0, 0.05) is 16.1 Å². The van der Waals surface area contributed by atoms with Crippen molar-refractivity contribution in [1.82, 2.24) is 0 Å². The number of nitrogens with zero attached hydrogens (tertiary/aromatic N) is 1. The molecule has 1 N–H and O–H groups in total. The lowest BCUT2D eigenvalue weighted by molar-refractivity contribution is 0.190. The average molecular weight is 306 g/mol. The molecule has 0 bridgehead atoms. The first-order chi connectivity index (χ1) is 10.0. The Labute approximate surface area is 127 Å². The maximum atomic E-state index is 13.9. The van der Waals surface area contributed by atoms with Crippen LogP contribution >= 0.6 is 11.6 Å². The van der Waals surface area contributed by atoms with E-state index in [1.54, 1.807) is 43.3 Å². The number of aliphatic hydroxyl groups is 1. The molecule has 0 heterocycles. The minimum atomic E-state index is -0.756. The van der Waals surface area contributed by atoms with Gasteiger partial charge in [-0.05, 0) is 31.2 Å². The lowest BCUT2D eigenvalue weighted by Gasteiger charge is -2.14. The molecule has 1 atom stereocenters. The maximum Gasteiger partial charge on any atom is 0.147 e. The van der Waals surface area contributed by atoms with Crippen molar-refractivity contribution in [3.8, 4) is 11.8 Å². The van der Waals surface area contributed by atoms with Gasteiger partial charge in [-0.15, -0.1) is 0 Å². The van der Waals surface area contributed by atoms with E-state index < -0.39 is 11.9 Å². The minimum absolute atomic E-state index is 0.0250. The third kappa shape index (κ3) is 3.52. The van der Waals surface area contributed by atoms with E-state index >= 15 is 0 Å². The van der Waals surface area contributed by atoms with Crippen LogP contribution in [0.3, 0.4) is 0 Å². The lowest BCUT2D eigenvalue weighted by atomic mass is 10.1. The molecule has 0 saturated heterocycles. The summed E-state index contributed by atoms with van der Waals surface area (Å²) in [6.45, 7) is 1.55. The van der Waals surface area contributed by atoms with E-state index in [0.29, 0.717) is 16.3 Å². The fourth-order valence-corrected chi connectivity index (χ4v) is 2.09. The van der Waals surface area contributed by atoms with E-state index in [1.807, 2.05) is 0 Å². The zero-order valence-electron chi connectivity index (χ0n) is 11.3. The molecule has 0 aliphatic heterocycles. The average Bonchev–Trinajstić information content (AvgIpc) is 2.47. The summed E-state index contributed by atoms with van der Waals surface area (Å²) in [6, 6.07) is 11.2. The standard InChI is InChI=1S/C16H13ClFNO2/c1-10(20)14-7-13(17)5-6-15(14)21-9-12-4-2-3-11(8-19)16(12)18/h2-7,10,20H,9H2,1H3/t10-/m0/s1. The second kappa shape index (κ2) is 6.57. The van der Waals surface area contributed by atoms with Crippen molar-refractivity contribution in [2.24, 2.45) is 0 Å². The highest BCUT2D eigenvalue weighted by Gasteiger charge is 2.12. The fourth-order valence-electron chi connectivity index (χ4n) is 1.91. The third-order valence-corrected chi connectivity index (χ3v) is 3.24. The summed E-state index contributed by atoms with van der Waals surface area (Å²) in [7, 11) is 0. The highest BCUT2D eigenvalue weighted by atomic mass is 35.5. The first-order valence-corrected chi connectivity index (χ1v) is 6.68. The second-order valence-corrected chi connectivity index (χ2v) is 4.97. The minimum Gasteiger partial charge on any atom is -0.488 e. The van der Waals surface area contributed by atoms with Crippen molar-refractivity contribution in [2.75, 3.05) is 0 Å². The third-order valence-electron chi connectivity index (χ3n) is 3.00. The SMILES string of the molecule is C[C@H](O)c1cc(Cl)ccc1OCc1cccc(C#N)c1F. The van der Waals surface area contributed by atoms with Gasteiger partial charge in [-0.2, -0.15) is 5.26 Å². The zero-order valence-corrected chi connectivity index (χ0v) is 12.1. The Morgan fingerprint density at radius 2 is 2.14 bits per heavy atom. The molecule has 0 radical (unpaired) electrons. The largest absolute Gasteiger partial charge is 0.488 e. The predicted octanol–water partition coefficient (Wildman–Crippen LogP) is 3.98. The molecule has 21 heavy (non-hydrogen) atoms. The van der Waals surface area contributed by atoms with Crippen molar-refractivity contribution in [1.29, 1.82) is 5.26 Å². The van der Waals surface area contributed by atoms with E-state index in [-0.39, 0.29) is 17.7 Å². The first-order valence-electron chi connectivity index (χ1n) is 6.30. The molecule has 2 aromatic rings. The van der Waals surface area contributed by atoms with Gasteiger partial charge >= 0.3 is 0 Å². The highest BCUT2D eigenvalue weighted by molar-refractivity contribution is 6.30. The molecule has 2 rings (SSSR count). The molecule has 0 aliphatic rings. The Bertz CT molecular complexity index is 695. The first kappa shape index (κ1) is 15.3. The van der Waals surface area contributed by atoms with Crippen molar-refractivity contribution < 1.29 is 14.2 Å². The highest BCUT2D eigenvalue weighted by Crippen LogP contribution is 2.29. The molecule has 0 unspecified atom stereocenters. The number of hydrogen-bond donors (Lipinski definition) is 1. The van der Waals surface area contributed by atoms with E-state index in [9.17, 15) is 9.50 Å². The molecular formula is C16H13ClFNO2. The molecule has 0 saturated carbocycles. The van der Waals surface area contributed by atoms with Gasteiger partial charge in [0.25, 0.3) is 0 Å². The van der Waals surface area contributed by atoms with Crippen LogP contribution in [0.5, 0.6) is 5.75 Å². The Kier molecular flexibility index (Phi) is 4.79. The number of nitriles is 1. The van der Waals surface area contributed by atoms with Gasteiger partial charge in [-0.3, -0.25) is 0 Å². The van der Waals surface area contributed by atoms with Gasteiger partial charge in [0.2, 0.25) is 0 Å². The van der Waals surface area contributed by atoms with Crippen LogP contribution in [-0.4, -0.2) is 5.11 Å². The van der Waals surface area contributed by atoms with Crippen LogP contribution in [0.25, 0.3) is 0 Å². The summed E-state index contributed by atoms with van der Waals surface area (Å²) in [5, 5.41) is 19.0. The van der Waals surface area contributed by atoms with E-state index in [1.165, 1.54) is 6.07 Å². The molecule has 0 aromatic heterocycles. The van der Waals surface area contributed by atoms with Crippen LogP contribution in [0, 0.1) is 17.1 Å². The molecule has 3 nitrogen and oxygen atoms in total. The number of hydrogen-bond acceptors (Lipinski definition) is 3. The fraction of sp³-hybridized carbons (Fsp3) is 0.188. The van der Waals surface area contributed by atoms with E-state index in [2.05, 4.69) is 0 Å². The summed E-state index contributed by atoms with van der Waals surface area (Å²) in [4.78, 5) is 0. The molecule has 0 fully saturated rings. The Hall–Kier alpha value is -2.09. The molecule has 5 heteroatoms. The quantitative estimate of drug-likeness (QED) is 0.929. The van der Waals surface area contributed by atoms with Crippen LogP contribution < -0.4 is 4.74 Å². The monoisotopic (exact) mass is 305 g/mol. The van der Waals surface area contributed by atoms with Crippen LogP contribution in [-0.2, 0) is 6.61 Å². The Balaban J connectivity index is 2.23. The summed E-state index contributed by atoms with van der Waals surface area (Å²) in [5.41, 5.74) is 0.780. The molecule has 0 aliphatic carbocycles. The zero-order chi connectivity index (χ0) is 15.4. The normalized spacial score (nSPS) is 11.8. The Morgan fingerprint density at radius 1 is 1.38 bits per heavy atom. The number of ether oxygens (including phenoxy) is 1. The maximum absolute atomic E-state index is 13.9. The summed E-state index contributed by atoms with van der Waals surface area (Å²) < 4.78 is 19.5. The van der Waals surface area contributed by atoms with Gasteiger partial charge < -0.3 is 9.84 Å². The van der Waals surface area contributed by atoms with Crippen molar-refractivity contribution in [3.05, 3.63) is 63.9 Å².